The summed E-state index contributed by atoms with van der Waals surface area (Å²) in [6.07, 6.45) is 6.48. The quantitative estimate of drug-likeness (QED) is 0.0366. The van der Waals surface area contributed by atoms with Gasteiger partial charge in [-0.25, -0.2) is 4.98 Å². The molecule has 1 aromatic heterocycles. The van der Waals surface area contributed by atoms with Crippen molar-refractivity contribution in [2.24, 2.45) is 5.92 Å². The maximum Gasteiger partial charge on any atom is 0.251 e. The van der Waals surface area contributed by atoms with Crippen molar-refractivity contribution in [3.8, 4) is 22.9 Å². The Morgan fingerprint density at radius 1 is 0.794 bits per heavy atom. The van der Waals surface area contributed by atoms with Crippen LogP contribution < -0.4 is 20.3 Å². The predicted molar refractivity (Wildman–Crippen MR) is 266 cm³/mol. The zero-order valence-electron chi connectivity index (χ0n) is 39.9. The molecule has 1 aliphatic rings. The molecule has 0 bridgehead atoms. The van der Waals surface area contributed by atoms with E-state index in [0.717, 1.165) is 67.3 Å². The highest BCUT2D eigenvalue weighted by Gasteiger charge is 2.26. The molecular formula is C53H68BrN5O9. The molecule has 3 amide bonds. The average molecular weight is 999 g/mol. The van der Waals surface area contributed by atoms with E-state index in [4.69, 9.17) is 28.4 Å². The number of nitrogens with one attached hydrogen (secondary N) is 2. The molecule has 3 aromatic carbocycles. The first kappa shape index (κ1) is 53.7. The van der Waals surface area contributed by atoms with Gasteiger partial charge in [0.05, 0.1) is 71.6 Å². The van der Waals surface area contributed by atoms with Crippen molar-refractivity contribution in [2.75, 3.05) is 84.1 Å². The van der Waals surface area contributed by atoms with Crippen LogP contribution in [0.3, 0.4) is 0 Å². The number of amides is 3. The Kier molecular flexibility index (Phi) is 24.0. The molecule has 5 rings (SSSR count). The summed E-state index contributed by atoms with van der Waals surface area (Å²) in [6, 6.07) is 29.1. The predicted octanol–water partition coefficient (Wildman–Crippen LogP) is 8.60. The molecule has 2 heterocycles. The van der Waals surface area contributed by atoms with Crippen molar-refractivity contribution in [1.82, 2.24) is 15.6 Å². The molecule has 14 nitrogen and oxygen atoms in total. The van der Waals surface area contributed by atoms with Crippen molar-refractivity contribution in [3.63, 3.8) is 0 Å². The molecule has 0 fully saturated rings. The molecule has 0 aliphatic carbocycles. The van der Waals surface area contributed by atoms with E-state index in [-0.39, 0.29) is 36.2 Å². The number of rotatable bonds is 31. The fourth-order valence-electron chi connectivity index (χ4n) is 7.88. The van der Waals surface area contributed by atoms with Gasteiger partial charge in [0.2, 0.25) is 11.8 Å². The number of carbonyl (C=O) groups excluding carboxylic acids is 3. The van der Waals surface area contributed by atoms with E-state index < -0.39 is 5.92 Å². The minimum atomic E-state index is -0.842. The van der Waals surface area contributed by atoms with E-state index in [1.54, 1.807) is 13.0 Å². The van der Waals surface area contributed by atoms with Crippen LogP contribution in [0.2, 0.25) is 0 Å². The van der Waals surface area contributed by atoms with Gasteiger partial charge in [0, 0.05) is 49.5 Å². The Balaban J connectivity index is 0.788. The number of ether oxygens (including phenoxy) is 6. The topological polar surface area (TPSA) is 171 Å². The third-order valence-electron chi connectivity index (χ3n) is 11.5. The summed E-state index contributed by atoms with van der Waals surface area (Å²) in [4.78, 5) is 44.2. The number of nitriles is 1. The smallest absolute Gasteiger partial charge is 0.251 e. The first-order valence-electron chi connectivity index (χ1n) is 23.9. The van der Waals surface area contributed by atoms with Crippen molar-refractivity contribution in [3.05, 3.63) is 112 Å². The fourth-order valence-corrected chi connectivity index (χ4v) is 8.27. The Labute approximate surface area is 410 Å². The Morgan fingerprint density at radius 2 is 1.43 bits per heavy atom. The molecule has 68 heavy (non-hydrogen) atoms. The zero-order valence-corrected chi connectivity index (χ0v) is 41.4. The normalized spacial score (nSPS) is 14.1. The van der Waals surface area contributed by atoms with Crippen LogP contribution in [0, 0.1) is 17.2 Å². The van der Waals surface area contributed by atoms with Gasteiger partial charge in [-0.05, 0) is 132 Å². The Morgan fingerprint density at radius 3 is 2.04 bits per heavy atom. The van der Waals surface area contributed by atoms with Gasteiger partial charge in [0.15, 0.2) is 0 Å². The van der Waals surface area contributed by atoms with Gasteiger partial charge in [0.25, 0.3) is 5.91 Å². The van der Waals surface area contributed by atoms with Crippen LogP contribution in [-0.2, 0) is 46.1 Å². The van der Waals surface area contributed by atoms with Crippen LogP contribution in [0.5, 0.6) is 5.75 Å². The molecule has 0 saturated heterocycles. The lowest BCUT2D eigenvalue weighted by molar-refractivity contribution is -0.124. The third kappa shape index (κ3) is 18.4. The minimum Gasteiger partial charge on any atom is -0.491 e. The summed E-state index contributed by atoms with van der Waals surface area (Å²) < 4.78 is 34.6. The van der Waals surface area contributed by atoms with E-state index in [0.29, 0.717) is 101 Å². The number of benzene rings is 3. The molecule has 0 radical (unpaired) electrons. The molecule has 2 unspecified atom stereocenters. The van der Waals surface area contributed by atoms with Crippen LogP contribution >= 0.6 is 15.9 Å². The van der Waals surface area contributed by atoms with Crippen LogP contribution in [0.4, 0.5) is 5.69 Å². The van der Waals surface area contributed by atoms with Gasteiger partial charge in [-0.3, -0.25) is 14.4 Å². The van der Waals surface area contributed by atoms with Gasteiger partial charge in [0.1, 0.15) is 22.9 Å². The van der Waals surface area contributed by atoms with E-state index in [1.807, 2.05) is 77.7 Å². The monoisotopic (exact) mass is 997 g/mol. The lowest BCUT2D eigenvalue weighted by Crippen LogP contribution is -2.40. The standard InChI is InChI=1S/C53H68BrN5O9/c1-4-9-49(58-53(62)46(38-55)37-47-10-8-11-51(54)57-47)42-18-21-48(22-19-42)68-35-34-67-33-32-66-31-30-65-29-28-64-27-26-63-25-7-5-6-24-56-52(61)43-16-14-41(15-17-43)44-20-23-50-45(36-44)13-12-39(2)59(50)40(3)60/h8,10-11,14-23,36,39,46,49H,4-7,9,12-13,24-35,37H2,1-3H3,(H,56,61)(H,58,62)/t39-,46?,49?/m0/s1. The summed E-state index contributed by atoms with van der Waals surface area (Å²) in [7, 11) is 0. The zero-order chi connectivity index (χ0) is 48.4. The molecule has 15 heteroatoms. The number of aryl methyl sites for hydroxylation is 1. The number of unbranched alkanes of at least 4 members (excludes halogenated alkanes) is 2. The van der Waals surface area contributed by atoms with Gasteiger partial charge < -0.3 is 44.0 Å². The SMILES string of the molecule is CCCC(NC(=O)C(C#N)Cc1cccc(Br)n1)c1ccc(OCCOCCOCCOCCOCCOCCCCCNC(=O)c2ccc(-c3ccc4c(c3)CC[C@H](C)N4C(C)=O)cc2)cc1. The second-order valence-corrected chi connectivity index (χ2v) is 17.5. The van der Waals surface area contributed by atoms with Gasteiger partial charge in [-0.2, -0.15) is 5.26 Å². The number of carbonyl (C=O) groups is 3. The van der Waals surface area contributed by atoms with Crippen LogP contribution in [0.15, 0.2) is 89.5 Å². The first-order valence-corrected chi connectivity index (χ1v) is 24.7. The van der Waals surface area contributed by atoms with E-state index in [9.17, 15) is 19.6 Å². The fraction of sp³-hybridized carbons (Fsp3) is 0.491. The lowest BCUT2D eigenvalue weighted by Gasteiger charge is -2.34. The summed E-state index contributed by atoms with van der Waals surface area (Å²) >= 11 is 3.34. The number of anilines is 1. The molecule has 0 saturated carbocycles. The van der Waals surface area contributed by atoms with Gasteiger partial charge >= 0.3 is 0 Å². The summed E-state index contributed by atoms with van der Waals surface area (Å²) in [6.45, 7) is 11.6. The highest BCUT2D eigenvalue weighted by Crippen LogP contribution is 2.34. The maximum absolute atomic E-state index is 13.0. The molecule has 1 aliphatic heterocycles. The number of aromatic nitrogens is 1. The highest BCUT2D eigenvalue weighted by molar-refractivity contribution is 9.10. The number of hydrogen-bond acceptors (Lipinski definition) is 11. The number of nitrogens with zero attached hydrogens (tertiary/aromatic N) is 3. The number of fused-ring (bicyclic) bond motifs is 1. The van der Waals surface area contributed by atoms with E-state index >= 15 is 0 Å². The molecule has 366 valence electrons. The maximum atomic E-state index is 13.0. The molecule has 3 atom stereocenters. The first-order chi connectivity index (χ1) is 33.2. The Hall–Kier alpha value is -5.21. The van der Waals surface area contributed by atoms with Crippen molar-refractivity contribution in [1.29, 1.82) is 5.26 Å². The molecule has 0 spiro atoms. The minimum absolute atomic E-state index is 0.0696. The van der Waals surface area contributed by atoms with E-state index in [2.05, 4.69) is 57.5 Å². The summed E-state index contributed by atoms with van der Waals surface area (Å²) in [5.74, 6) is -0.460. The number of hydrogen-bond donors (Lipinski definition) is 2. The van der Waals surface area contributed by atoms with E-state index in [1.165, 1.54) is 5.56 Å². The molecule has 4 aromatic rings. The summed E-state index contributed by atoms with van der Waals surface area (Å²) in [5.41, 5.74) is 6.57. The second-order valence-electron chi connectivity index (χ2n) is 16.7. The molecular weight excluding hydrogens is 931 g/mol. The Bertz CT molecular complexity index is 2190. The van der Waals surface area contributed by atoms with Gasteiger partial charge in [-0.15, -0.1) is 0 Å². The molecule has 2 N–H and O–H groups in total. The third-order valence-corrected chi connectivity index (χ3v) is 11.9. The second kappa shape index (κ2) is 30.3. The van der Waals surface area contributed by atoms with Crippen LogP contribution in [-0.4, -0.2) is 108 Å². The van der Waals surface area contributed by atoms with Crippen molar-refractivity contribution in [2.45, 2.75) is 84.2 Å². The van der Waals surface area contributed by atoms with Crippen LogP contribution in [0.25, 0.3) is 11.1 Å². The number of halogens is 1. The number of pyridine rings is 1. The van der Waals surface area contributed by atoms with Gasteiger partial charge in [-0.1, -0.05) is 49.7 Å². The van der Waals surface area contributed by atoms with Crippen molar-refractivity contribution >= 4 is 39.3 Å². The van der Waals surface area contributed by atoms with Crippen LogP contribution in [0.1, 0.15) is 92.5 Å². The largest absolute Gasteiger partial charge is 0.491 e. The highest BCUT2D eigenvalue weighted by atomic mass is 79.9. The average Bonchev–Trinajstić information content (AvgIpc) is 3.34. The van der Waals surface area contributed by atoms with Crippen molar-refractivity contribution < 1.29 is 42.8 Å². The summed E-state index contributed by atoms with van der Waals surface area (Å²) in [5, 5.41) is 15.8. The lowest BCUT2D eigenvalue weighted by atomic mass is 9.93.